The first kappa shape index (κ1) is 22.9. The Balaban J connectivity index is 1.87. The van der Waals surface area contributed by atoms with Gasteiger partial charge in [0, 0.05) is 19.1 Å². The molecule has 0 saturated carbocycles. The van der Waals surface area contributed by atoms with Crippen LogP contribution in [0.4, 0.5) is 10.1 Å². The van der Waals surface area contributed by atoms with Crippen molar-refractivity contribution >= 4 is 33.2 Å². The lowest BCUT2D eigenvalue weighted by atomic mass is 10.00. The molecule has 1 saturated heterocycles. The Morgan fingerprint density at radius 2 is 2.14 bits per heavy atom. The van der Waals surface area contributed by atoms with Gasteiger partial charge < -0.3 is 10.2 Å². The van der Waals surface area contributed by atoms with E-state index in [4.69, 9.17) is 11.6 Å². The minimum absolute atomic E-state index is 0.156. The average Bonchev–Trinajstić information content (AvgIpc) is 2.65. The number of rotatable bonds is 9. The third kappa shape index (κ3) is 6.60. The summed E-state index contributed by atoms with van der Waals surface area (Å²) in [7, 11) is -3.72. The fourth-order valence-corrected chi connectivity index (χ4v) is 4.58. The van der Waals surface area contributed by atoms with Crippen molar-refractivity contribution in [2.24, 2.45) is 0 Å². The molecule has 1 aromatic rings. The minimum Gasteiger partial charge on any atom is -0.354 e. The first-order valence-corrected chi connectivity index (χ1v) is 11.9. The number of nitrogens with one attached hydrogen (secondary N) is 1. The lowest BCUT2D eigenvalue weighted by molar-refractivity contribution is -0.119. The predicted molar refractivity (Wildman–Crippen MR) is 111 cm³/mol. The van der Waals surface area contributed by atoms with Crippen molar-refractivity contribution in [1.29, 1.82) is 0 Å². The lowest BCUT2D eigenvalue weighted by Crippen LogP contribution is -2.42. The quantitative estimate of drug-likeness (QED) is 0.608. The highest BCUT2D eigenvalue weighted by molar-refractivity contribution is 7.92. The number of benzene rings is 1. The van der Waals surface area contributed by atoms with Crippen LogP contribution in [-0.4, -0.2) is 57.7 Å². The normalized spacial score (nSPS) is 18.1. The number of carbonyl (C=O) groups is 1. The highest BCUT2D eigenvalue weighted by Gasteiger charge is 2.22. The zero-order valence-corrected chi connectivity index (χ0v) is 18.0. The molecule has 1 aromatic carbocycles. The Labute approximate surface area is 172 Å². The number of nitrogens with zero attached hydrogens (tertiary/aromatic N) is 2. The maximum Gasteiger partial charge on any atom is 0.240 e. The molecule has 1 N–H and O–H groups in total. The Kier molecular flexibility index (Phi) is 8.52. The van der Waals surface area contributed by atoms with E-state index in [2.05, 4.69) is 17.1 Å². The molecule has 0 spiro atoms. The van der Waals surface area contributed by atoms with Crippen LogP contribution >= 0.6 is 11.6 Å². The van der Waals surface area contributed by atoms with Crippen LogP contribution in [0.3, 0.4) is 0 Å². The third-order valence-corrected chi connectivity index (χ3v) is 6.47. The maximum absolute atomic E-state index is 13.4. The number of halogens is 2. The van der Waals surface area contributed by atoms with Crippen molar-refractivity contribution < 1.29 is 17.6 Å². The van der Waals surface area contributed by atoms with Gasteiger partial charge in [-0.1, -0.05) is 24.9 Å². The molecule has 0 radical (unpaired) electrons. The van der Waals surface area contributed by atoms with Crippen molar-refractivity contribution in [3.05, 3.63) is 29.0 Å². The number of carbonyl (C=O) groups excluding carboxylic acids is 1. The number of amides is 1. The molecule has 0 bridgehead atoms. The number of hydrogen-bond donors (Lipinski definition) is 1. The van der Waals surface area contributed by atoms with Crippen LogP contribution in [0.5, 0.6) is 0 Å². The van der Waals surface area contributed by atoms with Crippen LogP contribution in [-0.2, 0) is 14.8 Å². The highest BCUT2D eigenvalue weighted by Crippen LogP contribution is 2.24. The van der Waals surface area contributed by atoms with Crippen molar-refractivity contribution in [3.63, 3.8) is 0 Å². The summed E-state index contributed by atoms with van der Waals surface area (Å²) in [6.07, 6.45) is 6.66. The second kappa shape index (κ2) is 10.4. The molecule has 158 valence electrons. The number of likely N-dealkylation sites (tertiary alicyclic amines) is 1. The minimum atomic E-state index is -3.72. The molecular weight excluding hydrogens is 405 g/mol. The summed E-state index contributed by atoms with van der Waals surface area (Å²) < 4.78 is 38.4. The van der Waals surface area contributed by atoms with E-state index >= 15 is 0 Å². The van der Waals surface area contributed by atoms with E-state index in [1.807, 2.05) is 0 Å². The van der Waals surface area contributed by atoms with Gasteiger partial charge in [-0.25, -0.2) is 12.8 Å². The molecule has 0 aliphatic carbocycles. The molecule has 1 heterocycles. The molecule has 1 fully saturated rings. The SMILES string of the molecule is CCC1CCCCN1CCCNC(=O)CN(c1ccc(F)c(Cl)c1)S(C)(=O)=O. The molecule has 1 aliphatic rings. The second-order valence-electron chi connectivity index (χ2n) is 7.17. The largest absolute Gasteiger partial charge is 0.354 e. The molecule has 28 heavy (non-hydrogen) atoms. The summed E-state index contributed by atoms with van der Waals surface area (Å²) in [5, 5.41) is 2.58. The molecule has 2 rings (SSSR count). The van der Waals surface area contributed by atoms with Gasteiger partial charge in [-0.15, -0.1) is 0 Å². The molecule has 0 aromatic heterocycles. The fourth-order valence-electron chi connectivity index (χ4n) is 3.55. The zero-order valence-electron chi connectivity index (χ0n) is 16.5. The molecule has 1 amide bonds. The van der Waals surface area contributed by atoms with Crippen LogP contribution < -0.4 is 9.62 Å². The van der Waals surface area contributed by atoms with Gasteiger partial charge in [0.2, 0.25) is 15.9 Å². The average molecular weight is 434 g/mol. The van der Waals surface area contributed by atoms with Gasteiger partial charge in [0.15, 0.2) is 0 Å². The summed E-state index contributed by atoms with van der Waals surface area (Å²) in [5.41, 5.74) is 0.156. The highest BCUT2D eigenvalue weighted by atomic mass is 35.5. The summed E-state index contributed by atoms with van der Waals surface area (Å²) in [4.78, 5) is 14.7. The Morgan fingerprint density at radius 3 is 2.79 bits per heavy atom. The van der Waals surface area contributed by atoms with Crippen LogP contribution in [0.15, 0.2) is 18.2 Å². The predicted octanol–water partition coefficient (Wildman–Crippen LogP) is 3.02. The standard InChI is InChI=1S/C19H29ClFN3O3S/c1-3-15-7-4-5-11-23(15)12-6-10-22-19(25)14-24(28(2,26)27)16-8-9-18(21)17(20)13-16/h8-9,13,15H,3-7,10-12,14H2,1-2H3,(H,22,25). The van der Waals surface area contributed by atoms with Crippen LogP contribution in [0.25, 0.3) is 0 Å². The number of hydrogen-bond acceptors (Lipinski definition) is 4. The smallest absolute Gasteiger partial charge is 0.240 e. The zero-order chi connectivity index (χ0) is 20.7. The summed E-state index contributed by atoms with van der Waals surface area (Å²) in [6.45, 7) is 4.32. The molecule has 1 atom stereocenters. The molecule has 6 nitrogen and oxygen atoms in total. The van der Waals surface area contributed by atoms with Crippen LogP contribution in [0.2, 0.25) is 5.02 Å². The van der Waals surface area contributed by atoms with E-state index in [9.17, 15) is 17.6 Å². The van der Waals surface area contributed by atoms with E-state index < -0.39 is 21.7 Å². The van der Waals surface area contributed by atoms with Gasteiger partial charge in [-0.05, 0) is 50.4 Å². The number of anilines is 1. The molecule has 9 heteroatoms. The van der Waals surface area contributed by atoms with Gasteiger partial charge in [-0.2, -0.15) is 0 Å². The second-order valence-corrected chi connectivity index (χ2v) is 9.48. The summed E-state index contributed by atoms with van der Waals surface area (Å²) in [6, 6.07) is 4.19. The molecule has 1 aliphatic heterocycles. The first-order valence-electron chi connectivity index (χ1n) is 9.66. The Morgan fingerprint density at radius 1 is 1.39 bits per heavy atom. The monoisotopic (exact) mass is 433 g/mol. The Hall–Kier alpha value is -1.38. The van der Waals surface area contributed by atoms with Crippen molar-refractivity contribution in [2.45, 2.75) is 45.1 Å². The van der Waals surface area contributed by atoms with E-state index in [-0.39, 0.29) is 17.3 Å². The van der Waals surface area contributed by atoms with E-state index in [1.54, 1.807) is 0 Å². The maximum atomic E-state index is 13.4. The van der Waals surface area contributed by atoms with Gasteiger partial charge in [-0.3, -0.25) is 9.10 Å². The van der Waals surface area contributed by atoms with Crippen LogP contribution in [0, 0.1) is 5.82 Å². The van der Waals surface area contributed by atoms with Gasteiger partial charge in [0.1, 0.15) is 12.4 Å². The molecular formula is C19H29ClFN3O3S. The van der Waals surface area contributed by atoms with Gasteiger partial charge in [0.25, 0.3) is 0 Å². The van der Waals surface area contributed by atoms with E-state index in [1.165, 1.54) is 31.4 Å². The summed E-state index contributed by atoms with van der Waals surface area (Å²) >= 11 is 5.74. The van der Waals surface area contributed by atoms with Gasteiger partial charge in [0.05, 0.1) is 17.0 Å². The van der Waals surface area contributed by atoms with E-state index in [0.717, 1.165) is 42.6 Å². The van der Waals surface area contributed by atoms with E-state index in [0.29, 0.717) is 12.6 Å². The van der Waals surface area contributed by atoms with Crippen molar-refractivity contribution in [1.82, 2.24) is 10.2 Å². The van der Waals surface area contributed by atoms with Crippen LogP contribution in [0.1, 0.15) is 39.0 Å². The van der Waals surface area contributed by atoms with Crippen molar-refractivity contribution in [3.8, 4) is 0 Å². The topological polar surface area (TPSA) is 69.7 Å². The third-order valence-electron chi connectivity index (χ3n) is 5.04. The first-order chi connectivity index (χ1) is 13.2. The number of sulfonamides is 1. The molecule has 1 unspecified atom stereocenters. The number of piperidine rings is 1. The van der Waals surface area contributed by atoms with Crippen molar-refractivity contribution in [2.75, 3.05) is 36.7 Å². The Bertz CT molecular complexity index is 776. The lowest BCUT2D eigenvalue weighted by Gasteiger charge is -2.35. The van der Waals surface area contributed by atoms with Gasteiger partial charge >= 0.3 is 0 Å². The fraction of sp³-hybridized carbons (Fsp3) is 0.632. The summed E-state index contributed by atoms with van der Waals surface area (Å²) in [5.74, 6) is -1.05.